The number of aliphatic hydroxyl groups excluding tert-OH is 1. The molecule has 20 heavy (non-hydrogen) atoms. The van der Waals surface area contributed by atoms with Crippen LogP contribution in [0.4, 0.5) is 11.8 Å². The van der Waals surface area contributed by atoms with Crippen LogP contribution in [0.2, 0.25) is 0 Å². The molecule has 2 aromatic rings. The maximum atomic E-state index is 8.98. The summed E-state index contributed by atoms with van der Waals surface area (Å²) in [5.41, 5.74) is 1.86. The first kappa shape index (κ1) is 13.1. The summed E-state index contributed by atoms with van der Waals surface area (Å²) < 4.78 is 5.35. The Labute approximate surface area is 117 Å². The van der Waals surface area contributed by atoms with Crippen molar-refractivity contribution in [2.45, 2.75) is 6.92 Å². The second-order valence-corrected chi connectivity index (χ2v) is 4.84. The molecule has 0 unspecified atom stereocenters. The van der Waals surface area contributed by atoms with Crippen LogP contribution >= 0.6 is 0 Å². The van der Waals surface area contributed by atoms with E-state index in [1.54, 1.807) is 0 Å². The minimum Gasteiger partial charge on any atom is -0.395 e. The Hall–Kier alpha value is -1.86. The molecule has 2 aromatic heterocycles. The fourth-order valence-corrected chi connectivity index (χ4v) is 2.34. The lowest BCUT2D eigenvalue weighted by Gasteiger charge is -2.27. The van der Waals surface area contributed by atoms with Crippen molar-refractivity contribution in [1.82, 2.24) is 15.0 Å². The van der Waals surface area contributed by atoms with Gasteiger partial charge in [-0.1, -0.05) is 0 Å². The number of H-pyrrole nitrogens is 1. The van der Waals surface area contributed by atoms with Crippen molar-refractivity contribution >= 4 is 22.8 Å². The van der Waals surface area contributed by atoms with Crippen LogP contribution in [-0.2, 0) is 4.74 Å². The Bertz CT molecular complexity index is 592. The molecule has 0 aromatic carbocycles. The second kappa shape index (κ2) is 5.64. The SMILES string of the molecule is Cc1cc2c(NCCO)nc(N3CCOCC3)nc2[nH]1. The van der Waals surface area contributed by atoms with E-state index in [0.717, 1.165) is 35.6 Å². The molecule has 0 radical (unpaired) electrons. The molecule has 3 N–H and O–H groups in total. The van der Waals surface area contributed by atoms with Gasteiger partial charge in [-0.2, -0.15) is 9.97 Å². The van der Waals surface area contributed by atoms with E-state index in [1.807, 2.05) is 13.0 Å². The number of anilines is 2. The number of rotatable bonds is 4. The van der Waals surface area contributed by atoms with E-state index in [0.29, 0.717) is 25.7 Å². The third-order valence-electron chi connectivity index (χ3n) is 3.31. The van der Waals surface area contributed by atoms with Gasteiger partial charge in [0.05, 0.1) is 25.2 Å². The average Bonchev–Trinajstić information content (AvgIpc) is 2.86. The van der Waals surface area contributed by atoms with Crippen molar-refractivity contribution in [2.24, 2.45) is 0 Å². The van der Waals surface area contributed by atoms with Crippen LogP contribution < -0.4 is 10.2 Å². The van der Waals surface area contributed by atoms with Crippen molar-refractivity contribution in [3.8, 4) is 0 Å². The summed E-state index contributed by atoms with van der Waals surface area (Å²) in [6, 6.07) is 2.01. The van der Waals surface area contributed by atoms with Gasteiger partial charge >= 0.3 is 0 Å². The minimum absolute atomic E-state index is 0.0712. The van der Waals surface area contributed by atoms with Crippen LogP contribution in [0.3, 0.4) is 0 Å². The molecule has 0 bridgehead atoms. The molecule has 1 saturated heterocycles. The summed E-state index contributed by atoms with van der Waals surface area (Å²) in [5, 5.41) is 13.1. The standard InChI is InChI=1S/C13H19N5O2/c1-9-8-10-11(14-2-5-19)16-13(17-12(10)15-9)18-3-6-20-7-4-18/h8,19H,2-7H2,1H3,(H2,14,15,16,17). The Morgan fingerprint density at radius 3 is 2.95 bits per heavy atom. The van der Waals surface area contributed by atoms with E-state index in [4.69, 9.17) is 9.84 Å². The fraction of sp³-hybridized carbons (Fsp3) is 0.538. The van der Waals surface area contributed by atoms with Gasteiger partial charge in [0.1, 0.15) is 11.5 Å². The van der Waals surface area contributed by atoms with E-state index in [-0.39, 0.29) is 6.61 Å². The van der Waals surface area contributed by atoms with Crippen LogP contribution in [0.1, 0.15) is 5.69 Å². The van der Waals surface area contributed by atoms with Gasteiger partial charge in [0.25, 0.3) is 0 Å². The van der Waals surface area contributed by atoms with Gasteiger partial charge in [0.15, 0.2) is 0 Å². The van der Waals surface area contributed by atoms with E-state index in [2.05, 4.69) is 25.2 Å². The summed E-state index contributed by atoms with van der Waals surface area (Å²) in [7, 11) is 0. The Morgan fingerprint density at radius 2 is 2.20 bits per heavy atom. The molecule has 1 aliphatic rings. The first-order chi connectivity index (χ1) is 9.78. The first-order valence-corrected chi connectivity index (χ1v) is 6.82. The molecule has 1 fully saturated rings. The van der Waals surface area contributed by atoms with E-state index >= 15 is 0 Å². The highest BCUT2D eigenvalue weighted by Crippen LogP contribution is 2.24. The maximum Gasteiger partial charge on any atom is 0.229 e. The molecule has 1 aliphatic heterocycles. The number of aromatic amines is 1. The van der Waals surface area contributed by atoms with Crippen LogP contribution in [0, 0.1) is 6.92 Å². The van der Waals surface area contributed by atoms with Gasteiger partial charge in [-0.05, 0) is 13.0 Å². The second-order valence-electron chi connectivity index (χ2n) is 4.84. The maximum absolute atomic E-state index is 8.98. The monoisotopic (exact) mass is 277 g/mol. The summed E-state index contributed by atoms with van der Waals surface area (Å²) in [6.07, 6.45) is 0. The number of nitrogens with one attached hydrogen (secondary N) is 2. The van der Waals surface area contributed by atoms with E-state index in [1.165, 1.54) is 0 Å². The molecule has 0 saturated carbocycles. The molecule has 0 amide bonds. The van der Waals surface area contributed by atoms with Crippen LogP contribution in [0.25, 0.3) is 11.0 Å². The molecule has 7 nitrogen and oxygen atoms in total. The number of morpholine rings is 1. The summed E-state index contributed by atoms with van der Waals surface area (Å²) in [4.78, 5) is 14.5. The van der Waals surface area contributed by atoms with Gasteiger partial charge in [-0.25, -0.2) is 0 Å². The van der Waals surface area contributed by atoms with Gasteiger partial charge in [-0.3, -0.25) is 0 Å². The van der Waals surface area contributed by atoms with Gasteiger partial charge < -0.3 is 25.0 Å². The molecular formula is C13H19N5O2. The van der Waals surface area contributed by atoms with Crippen molar-refractivity contribution < 1.29 is 9.84 Å². The Kier molecular flexibility index (Phi) is 3.70. The number of fused-ring (bicyclic) bond motifs is 1. The van der Waals surface area contributed by atoms with Crippen LogP contribution in [-0.4, -0.2) is 59.5 Å². The summed E-state index contributed by atoms with van der Waals surface area (Å²) in [5.74, 6) is 1.46. The van der Waals surface area contributed by atoms with Crippen molar-refractivity contribution in [3.05, 3.63) is 11.8 Å². The van der Waals surface area contributed by atoms with Crippen LogP contribution in [0.5, 0.6) is 0 Å². The summed E-state index contributed by atoms with van der Waals surface area (Å²) in [6.45, 7) is 5.52. The zero-order valence-electron chi connectivity index (χ0n) is 11.5. The molecule has 0 aliphatic carbocycles. The zero-order valence-corrected chi connectivity index (χ0v) is 11.5. The van der Waals surface area contributed by atoms with E-state index in [9.17, 15) is 0 Å². The summed E-state index contributed by atoms with van der Waals surface area (Å²) >= 11 is 0. The smallest absolute Gasteiger partial charge is 0.229 e. The molecule has 0 atom stereocenters. The van der Waals surface area contributed by atoms with Crippen molar-refractivity contribution in [2.75, 3.05) is 49.7 Å². The molecule has 3 rings (SSSR count). The predicted octanol–water partition coefficient (Wildman–Crippen LogP) is 0.507. The van der Waals surface area contributed by atoms with Crippen LogP contribution in [0.15, 0.2) is 6.07 Å². The van der Waals surface area contributed by atoms with E-state index < -0.39 is 0 Å². The fourth-order valence-electron chi connectivity index (χ4n) is 2.34. The molecule has 7 heteroatoms. The zero-order chi connectivity index (χ0) is 13.9. The highest BCUT2D eigenvalue weighted by Gasteiger charge is 2.17. The molecule has 0 spiro atoms. The highest BCUT2D eigenvalue weighted by atomic mass is 16.5. The number of nitrogens with zero attached hydrogens (tertiary/aromatic N) is 3. The number of hydrogen-bond acceptors (Lipinski definition) is 6. The Morgan fingerprint density at radius 1 is 1.40 bits per heavy atom. The van der Waals surface area contributed by atoms with Gasteiger partial charge in [-0.15, -0.1) is 0 Å². The van der Waals surface area contributed by atoms with Gasteiger partial charge in [0, 0.05) is 25.3 Å². The lowest BCUT2D eigenvalue weighted by Crippen LogP contribution is -2.37. The minimum atomic E-state index is 0.0712. The molecule has 108 valence electrons. The highest BCUT2D eigenvalue weighted by molar-refractivity contribution is 5.89. The first-order valence-electron chi connectivity index (χ1n) is 6.82. The quantitative estimate of drug-likeness (QED) is 0.755. The van der Waals surface area contributed by atoms with Crippen molar-refractivity contribution in [1.29, 1.82) is 0 Å². The number of aromatic nitrogens is 3. The number of ether oxygens (including phenoxy) is 1. The number of aliphatic hydroxyl groups is 1. The Balaban J connectivity index is 1.99. The lowest BCUT2D eigenvalue weighted by atomic mass is 10.3. The van der Waals surface area contributed by atoms with Gasteiger partial charge in [0.2, 0.25) is 5.95 Å². The molecule has 3 heterocycles. The molecular weight excluding hydrogens is 258 g/mol. The van der Waals surface area contributed by atoms with Crippen molar-refractivity contribution in [3.63, 3.8) is 0 Å². The normalized spacial score (nSPS) is 15.8. The topological polar surface area (TPSA) is 86.3 Å². The lowest BCUT2D eigenvalue weighted by molar-refractivity contribution is 0.122. The predicted molar refractivity (Wildman–Crippen MR) is 77.2 cm³/mol. The third-order valence-corrected chi connectivity index (χ3v) is 3.31. The third kappa shape index (κ3) is 2.54. The number of aryl methyl sites for hydroxylation is 1. The number of hydrogen-bond donors (Lipinski definition) is 3. The average molecular weight is 277 g/mol. The largest absolute Gasteiger partial charge is 0.395 e.